The Balaban J connectivity index is 2.03. The van der Waals surface area contributed by atoms with E-state index in [-0.39, 0.29) is 5.82 Å². The molecule has 1 saturated carbocycles. The van der Waals surface area contributed by atoms with E-state index >= 15 is 0 Å². The molecule has 0 saturated heterocycles. The lowest BCUT2D eigenvalue weighted by Gasteiger charge is -2.43. The van der Waals surface area contributed by atoms with Crippen molar-refractivity contribution in [3.05, 3.63) is 35.6 Å². The molecule has 112 valence electrons. The van der Waals surface area contributed by atoms with Crippen molar-refractivity contribution in [3.8, 4) is 0 Å². The molecule has 2 rings (SSSR count). The van der Waals surface area contributed by atoms with E-state index in [9.17, 15) is 4.39 Å². The van der Waals surface area contributed by atoms with Crippen LogP contribution < -0.4 is 0 Å². The number of alkyl halides is 1. The van der Waals surface area contributed by atoms with Gasteiger partial charge in [-0.3, -0.25) is 0 Å². The summed E-state index contributed by atoms with van der Waals surface area (Å²) in [6.45, 7) is 7.08. The highest BCUT2D eigenvalue weighted by Crippen LogP contribution is 2.47. The first-order chi connectivity index (χ1) is 9.35. The zero-order valence-electron chi connectivity index (χ0n) is 12.9. The Morgan fingerprint density at radius 3 is 2.15 bits per heavy atom. The summed E-state index contributed by atoms with van der Waals surface area (Å²) in [6, 6.07) is 7.04. The van der Waals surface area contributed by atoms with E-state index in [1.807, 2.05) is 12.1 Å². The second-order valence-electron chi connectivity index (χ2n) is 7.58. The quantitative estimate of drug-likeness (QED) is 0.593. The first-order valence-corrected chi connectivity index (χ1v) is 8.77. The second-order valence-corrected chi connectivity index (χ2v) is 8.14. The summed E-state index contributed by atoms with van der Waals surface area (Å²) in [6.07, 6.45) is 6.25. The van der Waals surface area contributed by atoms with Crippen molar-refractivity contribution in [2.75, 3.05) is 5.33 Å². The van der Waals surface area contributed by atoms with E-state index in [0.29, 0.717) is 10.8 Å². The molecule has 0 nitrogen and oxygen atoms in total. The van der Waals surface area contributed by atoms with E-state index in [4.69, 9.17) is 0 Å². The van der Waals surface area contributed by atoms with Gasteiger partial charge in [0, 0.05) is 5.33 Å². The van der Waals surface area contributed by atoms with Crippen LogP contribution in [0.2, 0.25) is 0 Å². The van der Waals surface area contributed by atoms with Crippen LogP contribution in [0.4, 0.5) is 4.39 Å². The summed E-state index contributed by atoms with van der Waals surface area (Å²) in [5.74, 6) is 0.695. The molecule has 20 heavy (non-hydrogen) atoms. The molecule has 0 aliphatic heterocycles. The average molecular weight is 341 g/mol. The molecule has 0 heterocycles. The van der Waals surface area contributed by atoms with Crippen molar-refractivity contribution in [3.63, 3.8) is 0 Å². The summed E-state index contributed by atoms with van der Waals surface area (Å²) < 4.78 is 13.0. The summed E-state index contributed by atoms with van der Waals surface area (Å²) in [4.78, 5) is 0. The molecule has 1 fully saturated rings. The standard InChI is InChI=1S/C18H26BrF/c1-17(2,3)15-8-10-18(13-19,11-9-15)12-14-4-6-16(20)7-5-14/h4-7,15H,8-13H2,1-3H3. The molecular weight excluding hydrogens is 315 g/mol. The van der Waals surface area contributed by atoms with Crippen LogP contribution in [-0.4, -0.2) is 5.33 Å². The van der Waals surface area contributed by atoms with Crippen LogP contribution in [0.15, 0.2) is 24.3 Å². The highest BCUT2D eigenvalue weighted by Gasteiger charge is 2.38. The minimum Gasteiger partial charge on any atom is -0.207 e. The number of rotatable bonds is 3. The largest absolute Gasteiger partial charge is 0.207 e. The monoisotopic (exact) mass is 340 g/mol. The smallest absolute Gasteiger partial charge is 0.123 e. The lowest BCUT2D eigenvalue weighted by Crippen LogP contribution is -2.35. The van der Waals surface area contributed by atoms with Crippen molar-refractivity contribution in [1.82, 2.24) is 0 Å². The minimum atomic E-state index is -0.141. The average Bonchev–Trinajstić information content (AvgIpc) is 2.41. The Hall–Kier alpha value is -0.370. The molecule has 0 unspecified atom stereocenters. The highest BCUT2D eigenvalue weighted by molar-refractivity contribution is 9.09. The topological polar surface area (TPSA) is 0 Å². The molecular formula is C18H26BrF. The molecule has 0 aromatic heterocycles. The number of hydrogen-bond donors (Lipinski definition) is 0. The lowest BCUT2D eigenvalue weighted by molar-refractivity contribution is 0.103. The molecule has 0 radical (unpaired) electrons. The van der Waals surface area contributed by atoms with Gasteiger partial charge in [0.15, 0.2) is 0 Å². The van der Waals surface area contributed by atoms with Gasteiger partial charge in [-0.25, -0.2) is 4.39 Å². The fourth-order valence-electron chi connectivity index (χ4n) is 3.49. The fraction of sp³-hybridized carbons (Fsp3) is 0.667. The molecule has 0 atom stereocenters. The molecule has 1 aromatic rings. The minimum absolute atomic E-state index is 0.141. The van der Waals surface area contributed by atoms with Crippen molar-refractivity contribution >= 4 is 15.9 Å². The Kier molecular flexibility index (Phi) is 4.94. The van der Waals surface area contributed by atoms with Gasteiger partial charge >= 0.3 is 0 Å². The summed E-state index contributed by atoms with van der Waals surface area (Å²) in [5.41, 5.74) is 2.05. The number of benzene rings is 1. The molecule has 0 amide bonds. The van der Waals surface area contributed by atoms with Gasteiger partial charge in [0.05, 0.1) is 0 Å². The van der Waals surface area contributed by atoms with Gasteiger partial charge in [-0.1, -0.05) is 48.8 Å². The van der Waals surface area contributed by atoms with Gasteiger partial charge in [0.1, 0.15) is 5.82 Å². The van der Waals surface area contributed by atoms with Crippen molar-refractivity contribution in [2.45, 2.75) is 52.9 Å². The molecule has 2 heteroatoms. The third kappa shape index (κ3) is 3.84. The van der Waals surface area contributed by atoms with E-state index in [1.54, 1.807) is 12.1 Å². The maximum absolute atomic E-state index is 13.0. The third-order valence-corrected chi connectivity index (χ3v) is 6.24. The van der Waals surface area contributed by atoms with Gasteiger partial charge in [-0.05, 0) is 66.5 Å². The van der Waals surface area contributed by atoms with Crippen LogP contribution in [0, 0.1) is 22.6 Å². The summed E-state index contributed by atoms with van der Waals surface area (Å²) in [7, 11) is 0. The summed E-state index contributed by atoms with van der Waals surface area (Å²) in [5, 5.41) is 1.05. The van der Waals surface area contributed by atoms with Crippen molar-refractivity contribution in [2.24, 2.45) is 16.7 Å². The van der Waals surface area contributed by atoms with E-state index in [1.165, 1.54) is 31.2 Å². The van der Waals surface area contributed by atoms with Gasteiger partial charge in [0.2, 0.25) is 0 Å². The normalized spacial score (nSPS) is 27.6. The fourth-order valence-corrected chi connectivity index (χ4v) is 4.25. The number of hydrogen-bond acceptors (Lipinski definition) is 0. The summed E-state index contributed by atoms with van der Waals surface area (Å²) >= 11 is 3.74. The van der Waals surface area contributed by atoms with Crippen LogP contribution in [-0.2, 0) is 6.42 Å². The maximum atomic E-state index is 13.0. The van der Waals surface area contributed by atoms with E-state index in [2.05, 4.69) is 36.7 Å². The SMILES string of the molecule is CC(C)(C)C1CCC(CBr)(Cc2ccc(F)cc2)CC1. The predicted octanol–water partition coefficient (Wildman–Crippen LogP) is 5.99. The lowest BCUT2D eigenvalue weighted by atomic mass is 9.63. The highest BCUT2D eigenvalue weighted by atomic mass is 79.9. The first kappa shape index (κ1) is 16.0. The molecule has 1 aliphatic rings. The van der Waals surface area contributed by atoms with Gasteiger partial charge in [0.25, 0.3) is 0 Å². The Labute approximate surface area is 131 Å². The van der Waals surface area contributed by atoms with Crippen molar-refractivity contribution < 1.29 is 4.39 Å². The van der Waals surface area contributed by atoms with Crippen molar-refractivity contribution in [1.29, 1.82) is 0 Å². The van der Waals surface area contributed by atoms with Crippen LogP contribution in [0.25, 0.3) is 0 Å². The zero-order chi connectivity index (χ0) is 14.8. The predicted molar refractivity (Wildman–Crippen MR) is 87.7 cm³/mol. The van der Waals surface area contributed by atoms with Gasteiger partial charge in [-0.15, -0.1) is 0 Å². The zero-order valence-corrected chi connectivity index (χ0v) is 14.5. The number of halogens is 2. The molecule has 0 N–H and O–H groups in total. The molecule has 0 spiro atoms. The van der Waals surface area contributed by atoms with E-state index < -0.39 is 0 Å². The maximum Gasteiger partial charge on any atom is 0.123 e. The van der Waals surface area contributed by atoms with E-state index in [0.717, 1.165) is 17.7 Å². The third-order valence-electron chi connectivity index (χ3n) is 5.05. The Bertz CT molecular complexity index is 422. The second kappa shape index (κ2) is 6.17. The first-order valence-electron chi connectivity index (χ1n) is 7.65. The van der Waals surface area contributed by atoms with Crippen LogP contribution in [0.1, 0.15) is 52.0 Å². The Morgan fingerprint density at radius 1 is 1.15 bits per heavy atom. The molecule has 1 aliphatic carbocycles. The Morgan fingerprint density at radius 2 is 1.70 bits per heavy atom. The van der Waals surface area contributed by atoms with Crippen LogP contribution in [0.3, 0.4) is 0 Å². The van der Waals surface area contributed by atoms with Crippen LogP contribution in [0.5, 0.6) is 0 Å². The van der Waals surface area contributed by atoms with Gasteiger partial charge in [-0.2, -0.15) is 0 Å². The van der Waals surface area contributed by atoms with Crippen LogP contribution >= 0.6 is 15.9 Å². The molecule has 0 bridgehead atoms. The molecule has 1 aromatic carbocycles. The van der Waals surface area contributed by atoms with Gasteiger partial charge < -0.3 is 0 Å².